The maximum atomic E-state index is 9.86. The van der Waals surface area contributed by atoms with E-state index < -0.39 is 0 Å². The third-order valence-corrected chi connectivity index (χ3v) is 6.67. The number of hydrogen-bond acceptors (Lipinski definition) is 4. The molecule has 0 unspecified atom stereocenters. The molecule has 0 atom stereocenters. The molecule has 37 heavy (non-hydrogen) atoms. The number of hydrazine groups is 1. The molecule has 0 aliphatic carbocycles. The Balaban J connectivity index is 1.65. The van der Waals surface area contributed by atoms with Crippen molar-refractivity contribution >= 4 is 50.0 Å². The quantitative estimate of drug-likeness (QED) is 0.108. The monoisotopic (exact) mass is 481 g/mol. The lowest BCUT2D eigenvalue weighted by atomic mass is 9.97. The minimum atomic E-state index is 0.241. The molecule has 6 aromatic rings. The van der Waals surface area contributed by atoms with Gasteiger partial charge in [-0.15, -0.1) is 0 Å². The Hall–Kier alpha value is -4.96. The summed E-state index contributed by atoms with van der Waals surface area (Å²) in [5.41, 5.74) is 5.07. The summed E-state index contributed by atoms with van der Waals surface area (Å²) in [7, 11) is 2.11. The average molecular weight is 482 g/mol. The second-order valence-electron chi connectivity index (χ2n) is 8.99. The van der Waals surface area contributed by atoms with Gasteiger partial charge in [-0.3, -0.25) is 10.0 Å². The molecule has 0 fully saturated rings. The van der Waals surface area contributed by atoms with Gasteiger partial charge in [0.05, 0.1) is 22.7 Å². The van der Waals surface area contributed by atoms with Crippen LogP contribution >= 0.6 is 0 Å². The van der Waals surface area contributed by atoms with Crippen LogP contribution in [0.4, 0.5) is 28.4 Å². The average Bonchev–Trinajstić information content (AvgIpc) is 2.95. The van der Waals surface area contributed by atoms with Crippen LogP contribution in [-0.2, 0) is 0 Å². The van der Waals surface area contributed by atoms with Crippen LogP contribution in [0.1, 0.15) is 0 Å². The van der Waals surface area contributed by atoms with Crippen LogP contribution in [0, 0.1) is 0 Å². The molecule has 0 aromatic heterocycles. The molecule has 0 spiro atoms. The van der Waals surface area contributed by atoms with E-state index in [1.165, 1.54) is 10.8 Å². The Labute approximate surface area is 216 Å². The van der Waals surface area contributed by atoms with Crippen LogP contribution in [0.5, 0.6) is 5.75 Å². The molecule has 0 bridgehead atoms. The van der Waals surface area contributed by atoms with Gasteiger partial charge in [0.1, 0.15) is 5.75 Å². The number of phenolic OH excluding ortho intramolecular Hbond substituents is 1. The van der Waals surface area contributed by atoms with Crippen molar-refractivity contribution in [3.05, 3.63) is 133 Å². The Morgan fingerprint density at radius 3 is 1.54 bits per heavy atom. The zero-order valence-electron chi connectivity index (χ0n) is 20.5. The van der Waals surface area contributed by atoms with Gasteiger partial charge in [0.15, 0.2) is 0 Å². The van der Waals surface area contributed by atoms with Crippen molar-refractivity contribution in [2.24, 2.45) is 0 Å². The highest BCUT2D eigenvalue weighted by Crippen LogP contribution is 2.45. The van der Waals surface area contributed by atoms with Gasteiger partial charge in [-0.25, -0.2) is 0 Å². The Kier molecular flexibility index (Phi) is 5.83. The van der Waals surface area contributed by atoms with Gasteiger partial charge in [-0.2, -0.15) is 0 Å². The van der Waals surface area contributed by atoms with Crippen LogP contribution in [-0.4, -0.2) is 12.2 Å². The molecule has 0 radical (unpaired) electrons. The van der Waals surface area contributed by atoms with Gasteiger partial charge in [0.2, 0.25) is 0 Å². The smallest absolute Gasteiger partial charge is 0.115 e. The van der Waals surface area contributed by atoms with E-state index in [2.05, 4.69) is 119 Å². The van der Waals surface area contributed by atoms with Gasteiger partial charge in [0, 0.05) is 23.5 Å². The second-order valence-corrected chi connectivity index (χ2v) is 8.99. The third kappa shape index (κ3) is 4.19. The predicted molar refractivity (Wildman–Crippen MR) is 156 cm³/mol. The van der Waals surface area contributed by atoms with E-state index in [4.69, 9.17) is 0 Å². The standard InChI is InChI=1S/C33H27N3O/c1-35(36(25-12-4-2-5-13-25)26-14-6-3-7-15-26)33-31-19-11-9-17-29(31)28-16-8-10-18-30(28)32(33)34-24-20-22-27(37)23-21-24/h2-23,34,37H,1H3. The van der Waals surface area contributed by atoms with Gasteiger partial charge in [-0.1, -0.05) is 84.9 Å². The summed E-state index contributed by atoms with van der Waals surface area (Å²) in [5, 5.41) is 22.7. The molecule has 6 aromatic carbocycles. The van der Waals surface area contributed by atoms with Gasteiger partial charge in [-0.05, 0) is 59.3 Å². The lowest BCUT2D eigenvalue weighted by Gasteiger charge is -2.37. The number of anilines is 5. The number of aromatic hydroxyl groups is 1. The van der Waals surface area contributed by atoms with Gasteiger partial charge < -0.3 is 10.4 Å². The van der Waals surface area contributed by atoms with Crippen LogP contribution in [0.2, 0.25) is 0 Å². The minimum absolute atomic E-state index is 0.241. The van der Waals surface area contributed by atoms with E-state index in [0.29, 0.717) is 0 Å². The maximum absolute atomic E-state index is 9.86. The first-order valence-corrected chi connectivity index (χ1v) is 12.3. The number of rotatable bonds is 6. The van der Waals surface area contributed by atoms with Gasteiger partial charge in [0.25, 0.3) is 0 Å². The summed E-state index contributed by atoms with van der Waals surface area (Å²) in [5.74, 6) is 0.241. The molecule has 0 saturated heterocycles. The number of para-hydroxylation sites is 2. The molecule has 0 aliphatic rings. The summed E-state index contributed by atoms with van der Waals surface area (Å²) >= 11 is 0. The summed E-state index contributed by atoms with van der Waals surface area (Å²) in [6.07, 6.45) is 0. The van der Waals surface area contributed by atoms with Crippen LogP contribution < -0.4 is 15.3 Å². The Morgan fingerprint density at radius 1 is 0.514 bits per heavy atom. The van der Waals surface area contributed by atoms with Crippen molar-refractivity contribution in [3.8, 4) is 5.75 Å². The van der Waals surface area contributed by atoms with Crippen LogP contribution in [0.3, 0.4) is 0 Å². The highest BCUT2D eigenvalue weighted by atomic mass is 16.3. The lowest BCUT2D eigenvalue weighted by molar-refractivity contribution is 0.475. The fourth-order valence-corrected chi connectivity index (χ4v) is 5.01. The maximum Gasteiger partial charge on any atom is 0.115 e. The highest BCUT2D eigenvalue weighted by molar-refractivity contribution is 6.21. The van der Waals surface area contributed by atoms with E-state index in [9.17, 15) is 5.11 Å². The normalized spacial score (nSPS) is 10.9. The molecule has 4 nitrogen and oxygen atoms in total. The van der Waals surface area contributed by atoms with Crippen LogP contribution in [0.15, 0.2) is 133 Å². The molecular weight excluding hydrogens is 454 g/mol. The minimum Gasteiger partial charge on any atom is -0.508 e. The van der Waals surface area contributed by atoms with E-state index in [0.717, 1.165) is 39.2 Å². The first-order chi connectivity index (χ1) is 18.2. The first kappa shape index (κ1) is 22.5. The van der Waals surface area contributed by atoms with Gasteiger partial charge >= 0.3 is 0 Å². The topological polar surface area (TPSA) is 38.7 Å². The fraction of sp³-hybridized carbons (Fsp3) is 0.0303. The zero-order valence-corrected chi connectivity index (χ0v) is 20.5. The summed E-state index contributed by atoms with van der Waals surface area (Å²) < 4.78 is 0. The predicted octanol–water partition coefficient (Wildman–Crippen LogP) is 8.63. The van der Waals surface area contributed by atoms with Crippen molar-refractivity contribution in [3.63, 3.8) is 0 Å². The number of nitrogens with zero attached hydrogens (tertiary/aromatic N) is 2. The van der Waals surface area contributed by atoms with Crippen molar-refractivity contribution in [1.82, 2.24) is 0 Å². The van der Waals surface area contributed by atoms with Crippen molar-refractivity contribution in [1.29, 1.82) is 0 Å². The number of benzene rings is 6. The third-order valence-electron chi connectivity index (χ3n) is 6.67. The second kappa shape index (κ2) is 9.59. The molecule has 0 amide bonds. The summed E-state index contributed by atoms with van der Waals surface area (Å²) in [6, 6.07) is 45.1. The molecule has 6 rings (SSSR count). The Morgan fingerprint density at radius 2 is 0.973 bits per heavy atom. The van der Waals surface area contributed by atoms with Crippen molar-refractivity contribution in [2.75, 3.05) is 22.4 Å². The Bertz CT molecular complexity index is 1630. The molecule has 2 N–H and O–H groups in total. The fourth-order valence-electron chi connectivity index (χ4n) is 5.01. The largest absolute Gasteiger partial charge is 0.508 e. The molecule has 4 heteroatoms. The SMILES string of the molecule is CN(c1c(Nc2ccc(O)cc2)c2ccccc2c2ccccc12)N(c1ccccc1)c1ccccc1. The number of hydrogen-bond donors (Lipinski definition) is 2. The van der Waals surface area contributed by atoms with Crippen molar-refractivity contribution in [2.45, 2.75) is 0 Å². The molecule has 0 saturated carbocycles. The summed E-state index contributed by atoms with van der Waals surface area (Å²) in [4.78, 5) is 0. The molecule has 0 heterocycles. The van der Waals surface area contributed by atoms with E-state index in [1.54, 1.807) is 12.1 Å². The van der Waals surface area contributed by atoms with Crippen molar-refractivity contribution < 1.29 is 5.11 Å². The number of fused-ring (bicyclic) bond motifs is 3. The highest BCUT2D eigenvalue weighted by Gasteiger charge is 2.23. The number of nitrogens with one attached hydrogen (secondary N) is 1. The van der Waals surface area contributed by atoms with E-state index in [1.807, 2.05) is 24.3 Å². The van der Waals surface area contributed by atoms with E-state index in [-0.39, 0.29) is 5.75 Å². The molecule has 0 aliphatic heterocycles. The molecular formula is C33H27N3O. The first-order valence-electron chi connectivity index (χ1n) is 12.3. The molecule has 180 valence electrons. The van der Waals surface area contributed by atoms with Crippen LogP contribution in [0.25, 0.3) is 21.5 Å². The van der Waals surface area contributed by atoms with E-state index >= 15 is 0 Å². The number of phenols is 1. The lowest BCUT2D eigenvalue weighted by Crippen LogP contribution is -2.36. The zero-order chi connectivity index (χ0) is 25.2. The summed E-state index contributed by atoms with van der Waals surface area (Å²) in [6.45, 7) is 0.